The van der Waals surface area contributed by atoms with Crippen LogP contribution in [-0.4, -0.2) is 55.1 Å². The molecule has 0 aliphatic carbocycles. The monoisotopic (exact) mass is 287 g/mol. The molecule has 20 heavy (non-hydrogen) atoms. The van der Waals surface area contributed by atoms with Crippen LogP contribution in [0.1, 0.15) is 20.8 Å². The van der Waals surface area contributed by atoms with Gasteiger partial charge in [0.2, 0.25) is 5.91 Å². The molecule has 0 aromatic rings. The molecule has 2 fully saturated rings. The second kappa shape index (κ2) is 5.76. The largest absolute Gasteiger partial charge is 0.457 e. The summed E-state index contributed by atoms with van der Waals surface area (Å²) in [6, 6.07) is -0.702. The van der Waals surface area contributed by atoms with Crippen molar-refractivity contribution in [1.29, 1.82) is 0 Å². The van der Waals surface area contributed by atoms with Crippen molar-refractivity contribution < 1.29 is 33.3 Å². The summed E-state index contributed by atoms with van der Waals surface area (Å²) in [5, 5.41) is 2.64. The lowest BCUT2D eigenvalue weighted by molar-refractivity contribution is -0.218. The van der Waals surface area contributed by atoms with Gasteiger partial charge in [0.1, 0.15) is 12.1 Å². The van der Waals surface area contributed by atoms with Crippen LogP contribution in [0.25, 0.3) is 0 Å². The maximum absolute atomic E-state index is 11.3. The first-order valence-corrected chi connectivity index (χ1v) is 6.27. The van der Waals surface area contributed by atoms with Gasteiger partial charge in [0.15, 0.2) is 18.5 Å². The van der Waals surface area contributed by atoms with Crippen LogP contribution >= 0.6 is 0 Å². The van der Waals surface area contributed by atoms with Crippen molar-refractivity contribution in [2.75, 3.05) is 6.61 Å². The van der Waals surface area contributed by atoms with E-state index in [1.54, 1.807) is 0 Å². The van der Waals surface area contributed by atoms with Crippen molar-refractivity contribution in [1.82, 2.24) is 5.32 Å². The van der Waals surface area contributed by atoms with E-state index in [2.05, 4.69) is 5.32 Å². The standard InChI is InChI=1S/C12H17NO7/c1-5(14)13-9-10(18-6(2)15)8-4-17-12(20-8)11(9)19-7(3)16/h8-12H,4H2,1-3H3,(H,13,14)/t8-,9-,10+,11+,12-/m1/s1. The molecule has 2 rings (SSSR count). The van der Waals surface area contributed by atoms with Gasteiger partial charge in [0, 0.05) is 20.8 Å². The van der Waals surface area contributed by atoms with Gasteiger partial charge in [-0.15, -0.1) is 0 Å². The maximum atomic E-state index is 11.3. The van der Waals surface area contributed by atoms with Crippen LogP contribution in [-0.2, 0) is 33.3 Å². The van der Waals surface area contributed by atoms with Gasteiger partial charge in [0.25, 0.3) is 0 Å². The van der Waals surface area contributed by atoms with Gasteiger partial charge >= 0.3 is 11.9 Å². The normalized spacial score (nSPS) is 35.2. The zero-order chi connectivity index (χ0) is 14.9. The topological polar surface area (TPSA) is 100 Å². The van der Waals surface area contributed by atoms with E-state index in [-0.39, 0.29) is 12.5 Å². The molecule has 0 saturated carbocycles. The summed E-state index contributed by atoms with van der Waals surface area (Å²) in [6.07, 6.45) is -2.89. The van der Waals surface area contributed by atoms with Crippen LogP contribution in [0.3, 0.4) is 0 Å². The average Bonchev–Trinajstić information content (AvgIpc) is 2.74. The van der Waals surface area contributed by atoms with E-state index in [9.17, 15) is 14.4 Å². The van der Waals surface area contributed by atoms with Crippen molar-refractivity contribution in [2.45, 2.75) is 51.4 Å². The molecule has 0 aromatic carbocycles. The third-order valence-corrected chi connectivity index (χ3v) is 3.05. The molecule has 2 aliphatic rings. The fraction of sp³-hybridized carbons (Fsp3) is 0.750. The molecule has 2 bridgehead atoms. The molecule has 2 saturated heterocycles. The lowest BCUT2D eigenvalue weighted by Crippen LogP contribution is -2.63. The molecule has 0 spiro atoms. The summed E-state index contributed by atoms with van der Waals surface area (Å²) in [5.41, 5.74) is 0. The first kappa shape index (κ1) is 14.7. The molecule has 1 amide bonds. The van der Waals surface area contributed by atoms with E-state index in [0.717, 1.165) is 0 Å². The Morgan fingerprint density at radius 3 is 2.20 bits per heavy atom. The summed E-state index contributed by atoms with van der Waals surface area (Å²) in [6.45, 7) is 4.03. The second-order valence-electron chi connectivity index (χ2n) is 4.75. The molecular formula is C12H17NO7. The summed E-state index contributed by atoms with van der Waals surface area (Å²) >= 11 is 0. The van der Waals surface area contributed by atoms with Gasteiger partial charge in [-0.1, -0.05) is 0 Å². The van der Waals surface area contributed by atoms with Crippen molar-refractivity contribution in [3.63, 3.8) is 0 Å². The SMILES string of the molecule is CC(=O)N[C@H]1[C@H](OC(C)=O)[C@@H]2OC[C@@H](O2)[C@@H]1OC(C)=O. The van der Waals surface area contributed by atoms with Crippen LogP contribution in [0.5, 0.6) is 0 Å². The minimum atomic E-state index is -0.862. The maximum Gasteiger partial charge on any atom is 0.303 e. The number of rotatable bonds is 3. The highest BCUT2D eigenvalue weighted by Crippen LogP contribution is 2.32. The number of carbonyl (C=O) groups excluding carboxylic acids is 3. The molecule has 112 valence electrons. The van der Waals surface area contributed by atoms with Crippen molar-refractivity contribution in [3.8, 4) is 0 Å². The van der Waals surface area contributed by atoms with Crippen LogP contribution in [0, 0.1) is 0 Å². The Morgan fingerprint density at radius 1 is 1.05 bits per heavy atom. The van der Waals surface area contributed by atoms with Crippen LogP contribution < -0.4 is 5.32 Å². The number of fused-ring (bicyclic) bond motifs is 2. The van der Waals surface area contributed by atoms with Crippen LogP contribution in [0.2, 0.25) is 0 Å². The highest BCUT2D eigenvalue weighted by molar-refractivity contribution is 5.74. The number of hydrogen-bond acceptors (Lipinski definition) is 7. The zero-order valence-corrected chi connectivity index (χ0v) is 11.5. The Morgan fingerprint density at radius 2 is 1.65 bits per heavy atom. The fourth-order valence-electron chi connectivity index (χ4n) is 2.43. The van der Waals surface area contributed by atoms with Crippen LogP contribution in [0.15, 0.2) is 0 Å². The summed E-state index contributed by atoms with van der Waals surface area (Å²) < 4.78 is 21.2. The number of nitrogens with one attached hydrogen (secondary N) is 1. The van der Waals surface area contributed by atoms with Gasteiger partial charge in [-0.05, 0) is 0 Å². The molecule has 0 aromatic heterocycles. The second-order valence-corrected chi connectivity index (χ2v) is 4.75. The molecule has 8 heteroatoms. The molecule has 0 radical (unpaired) electrons. The third-order valence-electron chi connectivity index (χ3n) is 3.05. The molecule has 2 aliphatic heterocycles. The third kappa shape index (κ3) is 3.07. The Balaban J connectivity index is 2.24. The summed E-state index contributed by atoms with van der Waals surface area (Å²) in [5.74, 6) is -1.38. The van der Waals surface area contributed by atoms with Crippen molar-refractivity contribution in [2.24, 2.45) is 0 Å². The first-order chi connectivity index (χ1) is 9.38. The molecule has 8 nitrogen and oxygen atoms in total. The van der Waals surface area contributed by atoms with E-state index in [1.807, 2.05) is 0 Å². The van der Waals surface area contributed by atoms with Gasteiger partial charge in [-0.3, -0.25) is 14.4 Å². The number of ether oxygens (including phenoxy) is 4. The molecule has 2 heterocycles. The highest BCUT2D eigenvalue weighted by Gasteiger charge is 2.54. The Hall–Kier alpha value is -1.67. The minimum absolute atomic E-state index is 0.205. The fourth-order valence-corrected chi connectivity index (χ4v) is 2.43. The Bertz CT molecular complexity index is 394. The summed E-state index contributed by atoms with van der Waals surface area (Å²) in [4.78, 5) is 33.7. The van der Waals surface area contributed by atoms with E-state index >= 15 is 0 Å². The first-order valence-electron chi connectivity index (χ1n) is 6.27. The van der Waals surface area contributed by atoms with E-state index in [4.69, 9.17) is 18.9 Å². The molecule has 1 N–H and O–H groups in total. The van der Waals surface area contributed by atoms with E-state index in [1.165, 1.54) is 20.8 Å². The predicted octanol–water partition coefficient (Wildman–Crippen LogP) is -0.890. The van der Waals surface area contributed by atoms with Gasteiger partial charge in [-0.2, -0.15) is 0 Å². The van der Waals surface area contributed by atoms with Crippen molar-refractivity contribution >= 4 is 17.8 Å². The lowest BCUT2D eigenvalue weighted by Gasteiger charge is -2.39. The number of carbonyl (C=O) groups is 3. The Kier molecular flexibility index (Phi) is 4.24. The molecule has 0 unspecified atom stereocenters. The average molecular weight is 287 g/mol. The summed E-state index contributed by atoms with van der Waals surface area (Å²) in [7, 11) is 0. The van der Waals surface area contributed by atoms with Crippen molar-refractivity contribution in [3.05, 3.63) is 0 Å². The van der Waals surface area contributed by atoms with Gasteiger partial charge < -0.3 is 24.3 Å². The van der Waals surface area contributed by atoms with Crippen LogP contribution in [0.4, 0.5) is 0 Å². The quantitative estimate of drug-likeness (QED) is 0.672. The van der Waals surface area contributed by atoms with E-state index in [0.29, 0.717) is 0 Å². The smallest absolute Gasteiger partial charge is 0.303 e. The van der Waals surface area contributed by atoms with E-state index < -0.39 is 42.6 Å². The zero-order valence-electron chi connectivity index (χ0n) is 11.5. The predicted molar refractivity (Wildman–Crippen MR) is 63.3 cm³/mol. The minimum Gasteiger partial charge on any atom is -0.457 e. The Labute approximate surface area is 115 Å². The molecular weight excluding hydrogens is 270 g/mol. The van der Waals surface area contributed by atoms with Gasteiger partial charge in [-0.25, -0.2) is 0 Å². The highest BCUT2D eigenvalue weighted by atomic mass is 16.8. The molecule has 5 atom stereocenters. The van der Waals surface area contributed by atoms with Gasteiger partial charge in [0.05, 0.1) is 6.61 Å². The lowest BCUT2D eigenvalue weighted by atomic mass is 9.97. The number of hydrogen-bond donors (Lipinski definition) is 1. The number of amides is 1. The number of esters is 2.